The van der Waals surface area contributed by atoms with Gasteiger partial charge < -0.3 is 14.6 Å². The molecule has 3 aliphatic rings. The first kappa shape index (κ1) is 22.4. The number of benzene rings is 1. The van der Waals surface area contributed by atoms with E-state index in [4.69, 9.17) is 14.6 Å². The Kier molecular flexibility index (Phi) is 5.15. The van der Waals surface area contributed by atoms with Crippen LogP contribution in [0, 0.1) is 22.7 Å². The van der Waals surface area contributed by atoms with Crippen molar-refractivity contribution in [1.82, 2.24) is 0 Å². The lowest BCUT2D eigenvalue weighted by atomic mass is 9.43. The van der Waals surface area contributed by atoms with Gasteiger partial charge in [-0.1, -0.05) is 34.1 Å². The molecule has 4 rings (SSSR count). The van der Waals surface area contributed by atoms with Gasteiger partial charge >= 0.3 is 5.97 Å². The van der Waals surface area contributed by atoms with E-state index in [1.54, 1.807) is 6.07 Å². The average molecular weight is 451 g/mol. The molecule has 0 amide bonds. The zero-order chi connectivity index (χ0) is 22.8. The molecule has 31 heavy (non-hydrogen) atoms. The molecular weight excluding hydrogens is 416 g/mol. The molecule has 0 radical (unpaired) electrons. The third-order valence-corrected chi connectivity index (χ3v) is 10.5. The largest absolute Gasteiger partial charge is 0.496 e. The minimum absolute atomic E-state index is 0.00973. The fourth-order valence-corrected chi connectivity index (χ4v) is 9.70. The SMILES string of the molecule is COc1cc(OCC(=O)O)cc2c1[C@]1(C)CC[C@H]3C(C)(C)CCC[C@]3(C)[C@H]1CS2(=O)=O. The van der Waals surface area contributed by atoms with E-state index < -0.39 is 22.4 Å². The van der Waals surface area contributed by atoms with Gasteiger partial charge in [0.05, 0.1) is 17.8 Å². The third-order valence-electron chi connectivity index (χ3n) is 8.71. The Hall–Kier alpha value is -1.76. The number of fused-ring (bicyclic) bond motifs is 5. The Morgan fingerprint density at radius 1 is 1.13 bits per heavy atom. The Labute approximate surface area is 185 Å². The van der Waals surface area contributed by atoms with Crippen LogP contribution >= 0.6 is 0 Å². The molecule has 7 heteroatoms. The maximum atomic E-state index is 13.6. The highest BCUT2D eigenvalue weighted by Gasteiger charge is 2.62. The van der Waals surface area contributed by atoms with Crippen molar-refractivity contribution < 1.29 is 27.8 Å². The monoisotopic (exact) mass is 450 g/mol. The van der Waals surface area contributed by atoms with E-state index in [1.165, 1.54) is 19.6 Å². The second-order valence-corrected chi connectivity index (χ2v) is 12.9. The minimum atomic E-state index is -3.58. The predicted octanol–water partition coefficient (Wildman–Crippen LogP) is 4.45. The number of carboxylic acid groups (broad SMARTS) is 1. The maximum absolute atomic E-state index is 13.6. The van der Waals surface area contributed by atoms with Crippen LogP contribution in [-0.2, 0) is 20.0 Å². The number of carboxylic acids is 1. The molecule has 6 nitrogen and oxygen atoms in total. The number of aliphatic carboxylic acids is 1. The Morgan fingerprint density at radius 3 is 2.48 bits per heavy atom. The van der Waals surface area contributed by atoms with E-state index >= 15 is 0 Å². The predicted molar refractivity (Wildman–Crippen MR) is 117 cm³/mol. The molecule has 0 bridgehead atoms. The van der Waals surface area contributed by atoms with Gasteiger partial charge in [-0.2, -0.15) is 0 Å². The van der Waals surface area contributed by atoms with Crippen LogP contribution in [0.5, 0.6) is 11.5 Å². The van der Waals surface area contributed by atoms with E-state index in [-0.39, 0.29) is 38.6 Å². The summed E-state index contributed by atoms with van der Waals surface area (Å²) in [5.41, 5.74) is 0.577. The first-order valence-corrected chi connectivity index (χ1v) is 12.8. The second-order valence-electron chi connectivity index (χ2n) is 10.9. The van der Waals surface area contributed by atoms with Crippen molar-refractivity contribution >= 4 is 15.8 Å². The van der Waals surface area contributed by atoms with Crippen molar-refractivity contribution in [3.8, 4) is 11.5 Å². The summed E-state index contributed by atoms with van der Waals surface area (Å²) in [4.78, 5) is 11.2. The molecule has 172 valence electrons. The lowest BCUT2D eigenvalue weighted by molar-refractivity contribution is -0.139. The lowest BCUT2D eigenvalue weighted by Crippen LogP contribution is -2.59. The molecule has 0 saturated heterocycles. The minimum Gasteiger partial charge on any atom is -0.496 e. The summed E-state index contributed by atoms with van der Waals surface area (Å²) in [6, 6.07) is 3.14. The molecule has 2 fully saturated rings. The Morgan fingerprint density at radius 2 is 1.84 bits per heavy atom. The summed E-state index contributed by atoms with van der Waals surface area (Å²) in [7, 11) is -2.04. The van der Waals surface area contributed by atoms with Gasteiger partial charge in [-0.3, -0.25) is 0 Å². The highest BCUT2D eigenvalue weighted by atomic mass is 32.2. The molecule has 0 aromatic heterocycles. The standard InChI is InChI=1S/C24H34O6S/c1-22(2)8-6-9-23(3)18(22)7-10-24(4)19(23)14-31(27,28)17-12-15(30-13-20(25)26)11-16(29-5)21(17)24/h11-12,18-19H,6-10,13-14H2,1-5H3,(H,25,26)/t18-,19+,23-,24+/m0/s1. The number of hydrogen-bond donors (Lipinski definition) is 1. The summed E-state index contributed by atoms with van der Waals surface area (Å²) < 4.78 is 38.2. The van der Waals surface area contributed by atoms with E-state index in [0.29, 0.717) is 11.7 Å². The maximum Gasteiger partial charge on any atom is 0.341 e. The summed E-state index contributed by atoms with van der Waals surface area (Å²) in [6.07, 6.45) is 5.34. The number of ether oxygens (including phenoxy) is 2. The molecule has 1 aromatic carbocycles. The molecule has 1 aromatic rings. The van der Waals surface area contributed by atoms with Gasteiger partial charge in [0.2, 0.25) is 0 Å². The fraction of sp³-hybridized carbons (Fsp3) is 0.708. The molecule has 0 unspecified atom stereocenters. The highest BCUT2D eigenvalue weighted by molar-refractivity contribution is 7.91. The quantitative estimate of drug-likeness (QED) is 0.729. The van der Waals surface area contributed by atoms with Gasteiger partial charge in [0, 0.05) is 17.0 Å². The van der Waals surface area contributed by atoms with Crippen molar-refractivity contribution in [3.05, 3.63) is 17.7 Å². The van der Waals surface area contributed by atoms with Crippen LogP contribution in [0.3, 0.4) is 0 Å². The van der Waals surface area contributed by atoms with Gasteiger partial charge in [0.1, 0.15) is 11.5 Å². The number of sulfone groups is 1. The van der Waals surface area contributed by atoms with E-state index in [9.17, 15) is 13.2 Å². The smallest absolute Gasteiger partial charge is 0.341 e. The number of rotatable bonds is 4. The van der Waals surface area contributed by atoms with Gasteiger partial charge in [0.15, 0.2) is 16.4 Å². The Bertz CT molecular complexity index is 1010. The van der Waals surface area contributed by atoms with Crippen molar-refractivity contribution in [2.45, 2.75) is 70.1 Å². The first-order valence-electron chi connectivity index (χ1n) is 11.1. The zero-order valence-electron chi connectivity index (χ0n) is 19.2. The number of methoxy groups -OCH3 is 1. The van der Waals surface area contributed by atoms with Gasteiger partial charge in [0.25, 0.3) is 0 Å². The Balaban J connectivity index is 1.88. The van der Waals surface area contributed by atoms with Crippen LogP contribution in [-0.4, -0.2) is 39.0 Å². The van der Waals surface area contributed by atoms with E-state index in [0.717, 1.165) is 31.2 Å². The van der Waals surface area contributed by atoms with E-state index in [2.05, 4.69) is 27.7 Å². The summed E-state index contributed by atoms with van der Waals surface area (Å²) in [5, 5.41) is 8.94. The van der Waals surface area contributed by atoms with Crippen LogP contribution < -0.4 is 9.47 Å². The van der Waals surface area contributed by atoms with Crippen LogP contribution in [0.2, 0.25) is 0 Å². The molecule has 4 atom stereocenters. The highest BCUT2D eigenvalue weighted by Crippen LogP contribution is 2.67. The first-order chi connectivity index (χ1) is 14.3. The summed E-state index contributed by atoms with van der Waals surface area (Å²) >= 11 is 0. The molecule has 1 N–H and O–H groups in total. The molecule has 0 spiro atoms. The van der Waals surface area contributed by atoms with E-state index in [1.807, 2.05) is 0 Å². The molecule has 1 heterocycles. The third kappa shape index (κ3) is 3.35. The second kappa shape index (κ2) is 7.12. The topological polar surface area (TPSA) is 89.9 Å². The molecule has 2 saturated carbocycles. The molecule has 2 aliphatic carbocycles. The van der Waals surface area contributed by atoms with Gasteiger partial charge in [-0.05, 0) is 54.4 Å². The van der Waals surface area contributed by atoms with Crippen LogP contribution in [0.25, 0.3) is 0 Å². The van der Waals surface area contributed by atoms with Crippen molar-refractivity contribution in [3.63, 3.8) is 0 Å². The number of carbonyl (C=O) groups is 1. The lowest BCUT2D eigenvalue weighted by Gasteiger charge is -2.63. The summed E-state index contributed by atoms with van der Waals surface area (Å²) in [6.45, 7) is 8.68. The molecular formula is C24H34O6S. The zero-order valence-corrected chi connectivity index (χ0v) is 20.0. The van der Waals surface area contributed by atoms with Crippen LogP contribution in [0.1, 0.15) is 65.4 Å². The van der Waals surface area contributed by atoms with Crippen LogP contribution in [0.4, 0.5) is 0 Å². The average Bonchev–Trinajstić information content (AvgIpc) is 2.67. The van der Waals surface area contributed by atoms with Crippen molar-refractivity contribution in [1.29, 1.82) is 0 Å². The normalized spacial score (nSPS) is 35.3. The summed E-state index contributed by atoms with van der Waals surface area (Å²) in [5.74, 6) is 0.194. The van der Waals surface area contributed by atoms with Crippen LogP contribution in [0.15, 0.2) is 17.0 Å². The van der Waals surface area contributed by atoms with Crippen molar-refractivity contribution in [2.24, 2.45) is 22.7 Å². The fourth-order valence-electron chi connectivity index (χ4n) is 7.40. The molecule has 1 aliphatic heterocycles. The van der Waals surface area contributed by atoms with Gasteiger partial charge in [-0.15, -0.1) is 0 Å². The van der Waals surface area contributed by atoms with Crippen molar-refractivity contribution in [2.75, 3.05) is 19.5 Å². The van der Waals surface area contributed by atoms with Gasteiger partial charge in [-0.25, -0.2) is 13.2 Å². The number of hydrogen-bond acceptors (Lipinski definition) is 5.